The second kappa shape index (κ2) is 5.75. The fraction of sp³-hybridized carbons (Fsp3) is 0.500. The number of benzene rings is 1. The normalized spacial score (nSPS) is 26.7. The predicted molar refractivity (Wildman–Crippen MR) is 95.1 cm³/mol. The number of anilines is 1. The summed E-state index contributed by atoms with van der Waals surface area (Å²) >= 11 is 0. The van der Waals surface area contributed by atoms with Gasteiger partial charge in [0.2, 0.25) is 0 Å². The van der Waals surface area contributed by atoms with Crippen LogP contribution in [-0.2, 0) is 11.3 Å². The molecule has 0 aromatic heterocycles. The van der Waals surface area contributed by atoms with E-state index in [2.05, 4.69) is 10.3 Å². The average Bonchev–Trinajstić information content (AvgIpc) is 3.34. The van der Waals surface area contributed by atoms with Crippen molar-refractivity contribution < 1.29 is 9.59 Å². The van der Waals surface area contributed by atoms with Gasteiger partial charge in [0.25, 0.3) is 5.91 Å². The average molecular weight is 341 g/mol. The van der Waals surface area contributed by atoms with Crippen molar-refractivity contribution in [3.63, 3.8) is 0 Å². The van der Waals surface area contributed by atoms with Crippen molar-refractivity contribution >= 4 is 23.6 Å². The van der Waals surface area contributed by atoms with Gasteiger partial charge in [-0.1, -0.05) is 12.1 Å². The Morgan fingerprint density at radius 1 is 1.36 bits per heavy atom. The first kappa shape index (κ1) is 15.9. The summed E-state index contributed by atoms with van der Waals surface area (Å²) in [5.74, 6) is 0.631. The van der Waals surface area contributed by atoms with Crippen LogP contribution in [0.5, 0.6) is 0 Å². The maximum Gasteiger partial charge on any atom is 0.329 e. The lowest BCUT2D eigenvalue weighted by Crippen LogP contribution is -2.46. The van der Waals surface area contributed by atoms with Gasteiger partial charge in [-0.15, -0.1) is 0 Å². The van der Waals surface area contributed by atoms with Gasteiger partial charge in [-0.25, -0.2) is 14.7 Å². The number of likely N-dealkylation sites (tertiary alicyclic amines) is 1. The van der Waals surface area contributed by atoms with Crippen molar-refractivity contribution in [1.29, 1.82) is 0 Å². The maximum absolute atomic E-state index is 12.8. The molecule has 2 aliphatic heterocycles. The molecule has 2 saturated heterocycles. The van der Waals surface area contributed by atoms with Crippen molar-refractivity contribution in [2.45, 2.75) is 38.3 Å². The minimum Gasteiger partial charge on any atom is -0.370 e. The van der Waals surface area contributed by atoms with Crippen LogP contribution in [0.1, 0.15) is 31.7 Å². The van der Waals surface area contributed by atoms with Crippen LogP contribution >= 0.6 is 0 Å². The van der Waals surface area contributed by atoms with E-state index in [0.29, 0.717) is 18.2 Å². The third kappa shape index (κ3) is 2.73. The van der Waals surface area contributed by atoms with Crippen molar-refractivity contribution in [3.8, 4) is 0 Å². The number of hydrogen-bond donors (Lipinski definition) is 2. The summed E-state index contributed by atoms with van der Waals surface area (Å²) in [4.78, 5) is 32.9. The molecule has 2 heterocycles. The number of carbonyl (C=O) groups is 2. The Labute approximate surface area is 146 Å². The lowest BCUT2D eigenvalue weighted by Gasteiger charge is -2.31. The molecule has 1 atom stereocenters. The minimum atomic E-state index is -0.771. The standard InChI is InChI=1S/C18H23N5O2/c1-18(13-6-7-13)15(24)23(17(25)21-18)14-5-2-4-12(10-14)11-20-16(19)22-8-3-9-22/h2,4-5,10,13H,3,6-9,11H2,1H3,(H2,19,20)(H,21,25). The summed E-state index contributed by atoms with van der Waals surface area (Å²) < 4.78 is 0. The summed E-state index contributed by atoms with van der Waals surface area (Å²) in [7, 11) is 0. The lowest BCUT2D eigenvalue weighted by atomic mass is 9.96. The van der Waals surface area contributed by atoms with Gasteiger partial charge in [-0.3, -0.25) is 4.79 Å². The van der Waals surface area contributed by atoms with Gasteiger partial charge in [-0.05, 0) is 49.8 Å². The van der Waals surface area contributed by atoms with Crippen LogP contribution in [0.4, 0.5) is 10.5 Å². The highest BCUT2D eigenvalue weighted by Gasteiger charge is 2.56. The van der Waals surface area contributed by atoms with Gasteiger partial charge in [0.1, 0.15) is 5.54 Å². The van der Waals surface area contributed by atoms with Crippen molar-refractivity contribution in [2.24, 2.45) is 16.6 Å². The van der Waals surface area contributed by atoms with Crippen molar-refractivity contribution in [2.75, 3.05) is 18.0 Å². The highest BCUT2D eigenvalue weighted by Crippen LogP contribution is 2.43. The number of urea groups is 1. The van der Waals surface area contributed by atoms with Crippen LogP contribution in [-0.4, -0.2) is 41.4 Å². The van der Waals surface area contributed by atoms with Crippen LogP contribution < -0.4 is 16.0 Å². The fourth-order valence-electron chi connectivity index (χ4n) is 3.44. The van der Waals surface area contributed by atoms with Gasteiger partial charge in [-0.2, -0.15) is 0 Å². The van der Waals surface area contributed by atoms with Gasteiger partial charge in [0.05, 0.1) is 12.2 Å². The number of amides is 3. The monoisotopic (exact) mass is 341 g/mol. The van der Waals surface area contributed by atoms with Crippen LogP contribution in [0.3, 0.4) is 0 Å². The molecular formula is C18H23N5O2. The van der Waals surface area contributed by atoms with E-state index in [0.717, 1.165) is 37.9 Å². The molecule has 1 unspecified atom stereocenters. The van der Waals surface area contributed by atoms with E-state index in [9.17, 15) is 9.59 Å². The number of rotatable bonds is 4. The molecule has 1 aliphatic carbocycles. The van der Waals surface area contributed by atoms with Gasteiger partial charge in [0, 0.05) is 13.1 Å². The Hall–Kier alpha value is -2.57. The van der Waals surface area contributed by atoms with Gasteiger partial charge >= 0.3 is 6.03 Å². The lowest BCUT2D eigenvalue weighted by molar-refractivity contribution is -0.122. The van der Waals surface area contributed by atoms with Gasteiger partial charge in [0.15, 0.2) is 5.96 Å². The SMILES string of the molecule is CC1(C2CC2)NC(=O)N(c2cccc(CN=C(N)N3CCC3)c2)C1=O. The molecule has 25 heavy (non-hydrogen) atoms. The van der Waals surface area contributed by atoms with E-state index in [4.69, 9.17) is 5.73 Å². The summed E-state index contributed by atoms with van der Waals surface area (Å²) in [6.45, 7) is 4.17. The van der Waals surface area contributed by atoms with E-state index < -0.39 is 5.54 Å². The molecule has 3 fully saturated rings. The molecule has 3 aliphatic rings. The van der Waals surface area contributed by atoms with Gasteiger partial charge < -0.3 is 16.0 Å². The second-order valence-electron chi connectivity index (χ2n) is 7.23. The molecule has 1 aromatic carbocycles. The van der Waals surface area contributed by atoms with Crippen molar-refractivity contribution in [3.05, 3.63) is 29.8 Å². The minimum absolute atomic E-state index is 0.166. The largest absolute Gasteiger partial charge is 0.370 e. The third-order valence-electron chi connectivity index (χ3n) is 5.38. The van der Waals surface area contributed by atoms with E-state index in [-0.39, 0.29) is 17.9 Å². The Kier molecular flexibility index (Phi) is 3.67. The molecule has 7 heteroatoms. The molecule has 1 saturated carbocycles. The third-order valence-corrected chi connectivity index (χ3v) is 5.38. The molecule has 3 N–H and O–H groups in total. The topological polar surface area (TPSA) is 91.0 Å². The number of carbonyl (C=O) groups excluding carboxylic acids is 2. The first-order chi connectivity index (χ1) is 12.0. The molecule has 4 rings (SSSR count). The summed E-state index contributed by atoms with van der Waals surface area (Å²) in [5, 5.41) is 2.87. The van der Waals surface area contributed by atoms with Crippen LogP contribution in [0.2, 0.25) is 0 Å². The zero-order valence-corrected chi connectivity index (χ0v) is 14.4. The molecule has 0 spiro atoms. The van der Waals surface area contributed by atoms with E-state index >= 15 is 0 Å². The van der Waals surface area contributed by atoms with E-state index in [1.165, 1.54) is 4.90 Å². The Bertz CT molecular complexity index is 754. The maximum atomic E-state index is 12.8. The number of nitrogens with zero attached hydrogens (tertiary/aromatic N) is 3. The summed E-state index contributed by atoms with van der Waals surface area (Å²) in [6.07, 6.45) is 3.12. The van der Waals surface area contributed by atoms with Crippen LogP contribution in [0.25, 0.3) is 0 Å². The van der Waals surface area contributed by atoms with Crippen molar-refractivity contribution in [1.82, 2.24) is 10.2 Å². The number of guanidine groups is 1. The first-order valence-electron chi connectivity index (χ1n) is 8.79. The molecule has 132 valence electrons. The Balaban J connectivity index is 1.53. The van der Waals surface area contributed by atoms with E-state index in [1.807, 2.05) is 30.0 Å². The number of imide groups is 1. The molecule has 7 nitrogen and oxygen atoms in total. The summed E-state index contributed by atoms with van der Waals surface area (Å²) in [6, 6.07) is 7.04. The van der Waals surface area contributed by atoms with Crippen LogP contribution in [0, 0.1) is 5.92 Å². The molecule has 0 bridgehead atoms. The molecule has 1 aromatic rings. The Morgan fingerprint density at radius 2 is 2.12 bits per heavy atom. The number of hydrogen-bond acceptors (Lipinski definition) is 3. The summed E-state index contributed by atoms with van der Waals surface area (Å²) in [5.41, 5.74) is 6.69. The molecule has 3 amide bonds. The molecular weight excluding hydrogens is 318 g/mol. The van der Waals surface area contributed by atoms with Crippen LogP contribution in [0.15, 0.2) is 29.3 Å². The number of aliphatic imine (C=N–C) groups is 1. The predicted octanol–water partition coefficient (Wildman–Crippen LogP) is 1.43. The number of nitrogens with one attached hydrogen (secondary N) is 1. The second-order valence-corrected chi connectivity index (χ2v) is 7.23. The number of nitrogens with two attached hydrogens (primary N) is 1. The quantitative estimate of drug-likeness (QED) is 0.492. The highest BCUT2D eigenvalue weighted by molar-refractivity contribution is 6.23. The highest BCUT2D eigenvalue weighted by atomic mass is 16.2. The Morgan fingerprint density at radius 3 is 2.76 bits per heavy atom. The fourth-order valence-corrected chi connectivity index (χ4v) is 3.44. The zero-order chi connectivity index (χ0) is 17.6. The zero-order valence-electron chi connectivity index (χ0n) is 14.4. The first-order valence-corrected chi connectivity index (χ1v) is 8.79. The smallest absolute Gasteiger partial charge is 0.329 e. The molecule has 0 radical (unpaired) electrons. The van der Waals surface area contributed by atoms with E-state index in [1.54, 1.807) is 6.07 Å².